The number of aliphatic hydroxyl groups is 5. The van der Waals surface area contributed by atoms with Crippen molar-refractivity contribution in [3.8, 4) is 0 Å². The number of nitrogens with zero attached hydrogens (tertiary/aromatic N) is 1. The third kappa shape index (κ3) is 15.6. The number of carbonyl (C=O) groups excluding carboxylic acids is 6. The Morgan fingerprint density at radius 3 is 2.22 bits per heavy atom. The Morgan fingerprint density at radius 1 is 0.875 bits per heavy atom. The maximum Gasteiger partial charge on any atom is 0.329 e. The van der Waals surface area contributed by atoms with Crippen LogP contribution in [0.5, 0.6) is 0 Å². The molecule has 3 heterocycles. The molecule has 0 aromatic carbocycles. The van der Waals surface area contributed by atoms with E-state index < -0.39 is 120 Å². The largest absolute Gasteiger partial charge is 0.460 e. The minimum absolute atomic E-state index is 0.0247. The molecule has 5 N–H and O–H groups in total. The third-order valence-corrected chi connectivity index (χ3v) is 15.6. The lowest BCUT2D eigenvalue weighted by atomic mass is 9.78. The highest BCUT2D eigenvalue weighted by Crippen LogP contribution is 2.38. The summed E-state index contributed by atoms with van der Waals surface area (Å²) in [5, 5.41) is 54.1. The number of methoxy groups -OCH3 is 2. The molecular formula is C55H85NO16. The molecule has 17 nitrogen and oxygen atoms in total. The molecule has 1 aliphatic carbocycles. The average molecular weight is 1020 g/mol. The molecule has 72 heavy (non-hydrogen) atoms. The van der Waals surface area contributed by atoms with Crippen molar-refractivity contribution in [2.45, 2.75) is 187 Å². The van der Waals surface area contributed by atoms with E-state index in [0.29, 0.717) is 68.9 Å². The van der Waals surface area contributed by atoms with E-state index in [1.54, 1.807) is 58.9 Å². The van der Waals surface area contributed by atoms with Gasteiger partial charge in [0.25, 0.3) is 11.7 Å². The number of hydrogen-bond acceptors (Lipinski definition) is 16. The van der Waals surface area contributed by atoms with Gasteiger partial charge in [0.2, 0.25) is 5.79 Å². The lowest BCUT2D eigenvalue weighted by molar-refractivity contribution is -0.265. The van der Waals surface area contributed by atoms with Crippen molar-refractivity contribution in [1.29, 1.82) is 0 Å². The molecule has 4 aliphatic rings. The molecule has 0 radical (unpaired) electrons. The van der Waals surface area contributed by atoms with Gasteiger partial charge in [0, 0.05) is 51.4 Å². The van der Waals surface area contributed by atoms with E-state index in [1.165, 1.54) is 21.1 Å². The van der Waals surface area contributed by atoms with E-state index >= 15 is 0 Å². The van der Waals surface area contributed by atoms with E-state index in [-0.39, 0.29) is 49.2 Å². The van der Waals surface area contributed by atoms with Crippen molar-refractivity contribution in [3.63, 3.8) is 0 Å². The summed E-state index contributed by atoms with van der Waals surface area (Å²) in [7, 11) is 2.85. The summed E-state index contributed by atoms with van der Waals surface area (Å²) in [6.45, 7) is 12.4. The SMILES string of the molecule is CO[C@@H]1C[C@H](C[C@@H](C)[C@@H]2CC(=O)[C@H](C)/C=C(/C)[C@@H](O)[C@@H](OC)C(=O)[C@H](C)C[C@H](C)C=CC=CC=C(C)[C@@H](O)C[C@@H]3CC[C@@H](C)[C@@](O)(O3)C(=O)C(=O)N3CCCC[C@H]3C(=O)O2)CC[C@H]1OC(=O)C(C)(CO)CO. The molecule has 3 aliphatic heterocycles. The average Bonchev–Trinajstić information content (AvgIpc) is 3.36. The van der Waals surface area contributed by atoms with Crippen LogP contribution in [0.15, 0.2) is 47.6 Å². The van der Waals surface area contributed by atoms with Gasteiger partial charge < -0.3 is 54.1 Å². The second-order valence-electron chi connectivity index (χ2n) is 21.6. The van der Waals surface area contributed by atoms with Crippen LogP contribution in [0.2, 0.25) is 0 Å². The highest BCUT2D eigenvalue weighted by Gasteiger charge is 2.53. The van der Waals surface area contributed by atoms with E-state index in [2.05, 4.69) is 0 Å². The van der Waals surface area contributed by atoms with Crippen molar-refractivity contribution in [1.82, 2.24) is 4.90 Å². The van der Waals surface area contributed by atoms with Crippen LogP contribution in [-0.4, -0.2) is 154 Å². The van der Waals surface area contributed by atoms with Crippen LogP contribution in [0.1, 0.15) is 132 Å². The van der Waals surface area contributed by atoms with Crippen LogP contribution in [0.3, 0.4) is 0 Å². The fraction of sp³-hybridized carbons (Fsp3) is 0.745. The van der Waals surface area contributed by atoms with Gasteiger partial charge in [-0.3, -0.25) is 24.0 Å². The number of allylic oxidation sites excluding steroid dienone is 6. The maximum absolute atomic E-state index is 14.5. The Balaban J connectivity index is 1.68. The van der Waals surface area contributed by atoms with Crippen LogP contribution in [0.4, 0.5) is 0 Å². The lowest BCUT2D eigenvalue weighted by Gasteiger charge is -2.42. The number of Topliss-reactive ketones (excluding diaryl/α,β-unsaturated/α-hetero) is 3. The van der Waals surface area contributed by atoms with Gasteiger partial charge in [-0.15, -0.1) is 0 Å². The summed E-state index contributed by atoms with van der Waals surface area (Å²) < 4.78 is 29.4. The van der Waals surface area contributed by atoms with Crippen LogP contribution in [0, 0.1) is 40.9 Å². The van der Waals surface area contributed by atoms with Gasteiger partial charge in [0.1, 0.15) is 41.7 Å². The lowest BCUT2D eigenvalue weighted by Crippen LogP contribution is -2.61. The summed E-state index contributed by atoms with van der Waals surface area (Å²) in [6.07, 6.45) is 8.11. The Hall–Kier alpha value is -3.94. The van der Waals surface area contributed by atoms with E-state index in [1.807, 2.05) is 26.0 Å². The monoisotopic (exact) mass is 1020 g/mol. The predicted molar refractivity (Wildman–Crippen MR) is 266 cm³/mol. The normalized spacial score (nSPS) is 36.2. The molecule has 1 amide bonds. The summed E-state index contributed by atoms with van der Waals surface area (Å²) >= 11 is 0. The minimum atomic E-state index is -2.52. The van der Waals surface area contributed by atoms with Gasteiger partial charge >= 0.3 is 11.9 Å². The first-order chi connectivity index (χ1) is 33.9. The fourth-order valence-electron chi connectivity index (χ4n) is 10.4. The Bertz CT molecular complexity index is 1990. The summed E-state index contributed by atoms with van der Waals surface area (Å²) in [5.74, 6) is -9.65. The zero-order valence-corrected chi connectivity index (χ0v) is 44.3. The molecular weight excluding hydrogens is 931 g/mol. The highest BCUT2D eigenvalue weighted by molar-refractivity contribution is 6.39. The molecule has 4 rings (SSSR count). The van der Waals surface area contributed by atoms with E-state index in [4.69, 9.17) is 23.7 Å². The Kier molecular flexibility index (Phi) is 23.2. The van der Waals surface area contributed by atoms with Crippen molar-refractivity contribution in [2.75, 3.05) is 34.0 Å². The first-order valence-corrected chi connectivity index (χ1v) is 26.0. The van der Waals surface area contributed by atoms with Gasteiger partial charge in [-0.2, -0.15) is 0 Å². The quantitative estimate of drug-likeness (QED) is 0.115. The molecule has 0 aromatic rings. The predicted octanol–water partition coefficient (Wildman–Crippen LogP) is 5.07. The number of ketones is 3. The topological polar surface area (TPSA) is 253 Å². The van der Waals surface area contributed by atoms with Crippen LogP contribution in [-0.2, 0) is 52.5 Å². The van der Waals surface area contributed by atoms with Crippen molar-refractivity contribution in [2.24, 2.45) is 40.9 Å². The standard InChI is InChI=1S/C55H85NO16/c1-32-16-12-11-13-17-33(2)42(59)28-40-21-19-38(7)55(67,72-40)50(63)51(64)56-23-15-14-18-41(56)52(65)70-45(29-43(60)34(3)25-37(6)48(62)49(69-10)47(61)36(5)24-32)35(4)26-39-20-22-44(46(27-39)68-9)71-53(66)54(8,30-57)31-58/h11-13,16-17,25,32,34-36,38-42,44-46,48-49,57-59,62,67H,14-15,18-24,26-31H2,1-10H3/b13-11?,16-12?,33-17?,37-25-/t32-,34-,35-,36-,38-,39+,40+,41+,42+,44-,45+,46-,48-,49+,55-/m1/s1. The number of amides is 1. The molecule has 17 heteroatoms. The molecule has 406 valence electrons. The number of carbonyl (C=O) groups is 6. The smallest absolute Gasteiger partial charge is 0.329 e. The van der Waals surface area contributed by atoms with Crippen molar-refractivity contribution < 1.29 is 78.0 Å². The summed E-state index contributed by atoms with van der Waals surface area (Å²) in [4.78, 5) is 85.1. The van der Waals surface area contributed by atoms with Gasteiger partial charge in [-0.1, -0.05) is 71.1 Å². The Morgan fingerprint density at radius 2 is 1.57 bits per heavy atom. The molecule has 2 saturated heterocycles. The van der Waals surface area contributed by atoms with Gasteiger partial charge in [0.05, 0.1) is 31.5 Å². The van der Waals surface area contributed by atoms with Crippen LogP contribution in [0.25, 0.3) is 0 Å². The van der Waals surface area contributed by atoms with Crippen molar-refractivity contribution >= 4 is 35.2 Å². The van der Waals surface area contributed by atoms with E-state index in [9.17, 15) is 54.3 Å². The molecule has 2 bridgehead atoms. The molecule has 0 spiro atoms. The van der Waals surface area contributed by atoms with Gasteiger partial charge in [-0.05, 0) is 114 Å². The first-order valence-electron chi connectivity index (χ1n) is 26.0. The second-order valence-corrected chi connectivity index (χ2v) is 21.6. The molecule has 0 aromatic heterocycles. The number of hydrogen-bond donors (Lipinski definition) is 5. The first kappa shape index (κ1) is 60.6. The minimum Gasteiger partial charge on any atom is -0.460 e. The van der Waals surface area contributed by atoms with Crippen LogP contribution >= 0.6 is 0 Å². The molecule has 0 unspecified atom stereocenters. The van der Waals surface area contributed by atoms with Crippen molar-refractivity contribution in [3.05, 3.63) is 47.6 Å². The summed E-state index contributed by atoms with van der Waals surface area (Å²) in [5.41, 5.74) is -0.548. The molecule has 15 atom stereocenters. The zero-order valence-electron chi connectivity index (χ0n) is 44.3. The number of esters is 2. The molecule has 1 saturated carbocycles. The van der Waals surface area contributed by atoms with Gasteiger partial charge in [-0.25, -0.2) is 4.79 Å². The highest BCUT2D eigenvalue weighted by atomic mass is 16.6. The summed E-state index contributed by atoms with van der Waals surface area (Å²) in [6, 6.07) is -1.22. The number of aliphatic hydroxyl groups excluding tert-OH is 4. The fourth-order valence-corrected chi connectivity index (χ4v) is 10.4. The zero-order chi connectivity index (χ0) is 53.7. The maximum atomic E-state index is 14.5. The third-order valence-electron chi connectivity index (χ3n) is 15.6. The number of rotatable bonds is 9. The number of fused-ring (bicyclic) bond motifs is 3. The number of ether oxygens (including phenoxy) is 5. The van der Waals surface area contributed by atoms with E-state index in [0.717, 1.165) is 4.90 Å². The van der Waals surface area contributed by atoms with Gasteiger partial charge in [0.15, 0.2) is 5.78 Å². The molecule has 3 fully saturated rings. The number of piperidine rings is 1. The Labute approximate surface area is 426 Å². The number of cyclic esters (lactones) is 1. The second kappa shape index (κ2) is 27.6. The van der Waals surface area contributed by atoms with Crippen LogP contribution < -0.4 is 0 Å².